The topological polar surface area (TPSA) is 157 Å². The Balaban J connectivity index is -0.0000000799. The number of esters is 1. The molecule has 10 nitrogen and oxygen atoms in total. The maximum Gasteiger partial charge on any atom is 1.00 e. The van der Waals surface area contributed by atoms with E-state index in [0.717, 1.165) is 19.3 Å². The zero-order valence-corrected chi connectivity index (χ0v) is 28.3. The van der Waals surface area contributed by atoms with Gasteiger partial charge in [-0.25, -0.2) is 0 Å². The first-order chi connectivity index (χ1) is 17.2. The summed E-state index contributed by atoms with van der Waals surface area (Å²) in [7, 11) is -5.15. The molecule has 0 bridgehead atoms. The van der Waals surface area contributed by atoms with Crippen molar-refractivity contribution in [3.8, 4) is 35.6 Å². The second-order valence-electron chi connectivity index (χ2n) is 7.49. The van der Waals surface area contributed by atoms with Crippen LogP contribution in [-0.4, -0.2) is 43.1 Å². The summed E-state index contributed by atoms with van der Waals surface area (Å²) in [6.45, 7) is 3.78. The van der Waals surface area contributed by atoms with Crippen LogP contribution in [0.4, 0.5) is 0 Å². The van der Waals surface area contributed by atoms with Crippen LogP contribution in [0.3, 0.4) is 0 Å². The van der Waals surface area contributed by atoms with Gasteiger partial charge in [0.1, 0.15) is 12.9 Å². The number of aliphatic hydroxyl groups excluding tert-OH is 1. The van der Waals surface area contributed by atoms with E-state index in [-0.39, 0.29) is 85.2 Å². The van der Waals surface area contributed by atoms with E-state index in [1.807, 2.05) is 0 Å². The van der Waals surface area contributed by atoms with Crippen molar-refractivity contribution in [3.63, 3.8) is 0 Å². The number of hydrogen-bond donors (Lipinski definition) is 2. The summed E-state index contributed by atoms with van der Waals surface area (Å²) in [5.41, 5.74) is 0. The van der Waals surface area contributed by atoms with Gasteiger partial charge >= 0.3 is 65.1 Å². The van der Waals surface area contributed by atoms with E-state index in [1.165, 1.54) is 39.0 Å². The van der Waals surface area contributed by atoms with Crippen LogP contribution in [0.25, 0.3) is 0 Å². The van der Waals surface area contributed by atoms with Crippen molar-refractivity contribution in [2.75, 3.05) is 20.0 Å². The molecule has 1 atom stereocenters. The predicted molar refractivity (Wildman–Crippen MR) is 142 cm³/mol. The first-order valence-corrected chi connectivity index (χ1v) is 13.3. The number of carbonyl (C=O) groups excluding carboxylic acids is 2. The summed E-state index contributed by atoms with van der Waals surface area (Å²) in [6, 6.07) is 2.35. The van der Waals surface area contributed by atoms with E-state index in [0.29, 0.717) is 6.42 Å². The minimum atomic E-state index is -5.15. The molecule has 0 aliphatic rings. The van der Waals surface area contributed by atoms with Crippen LogP contribution in [0, 0.1) is 35.6 Å². The Morgan fingerprint density at radius 2 is 1.50 bits per heavy atom. The Bertz CT molecular complexity index is 855. The van der Waals surface area contributed by atoms with Crippen LogP contribution in [0.5, 0.6) is 0 Å². The molecule has 0 heterocycles. The van der Waals surface area contributed by atoms with Crippen LogP contribution >= 0.6 is 7.82 Å². The second-order valence-corrected chi connectivity index (χ2v) is 8.64. The van der Waals surface area contributed by atoms with Gasteiger partial charge in [-0.1, -0.05) is 64.2 Å². The number of unbranched alkanes of at least 4 members (excludes halogenated alkanes) is 8. The van der Waals surface area contributed by atoms with Crippen LogP contribution in [-0.2, 0) is 28.2 Å². The zero-order chi connectivity index (χ0) is 27.5. The molecule has 0 spiro atoms. The Hall–Kier alpha value is -0.350. The summed E-state index contributed by atoms with van der Waals surface area (Å²) >= 11 is 0. The quantitative estimate of drug-likeness (QED) is 0.0346. The Morgan fingerprint density at radius 3 is 2.00 bits per heavy atom. The average Bonchev–Trinajstić information content (AvgIpc) is 2.81. The molecule has 0 fully saturated rings. The van der Waals surface area contributed by atoms with Crippen molar-refractivity contribution in [2.24, 2.45) is 0 Å². The van der Waals surface area contributed by atoms with Crippen molar-refractivity contribution in [2.45, 2.75) is 91.1 Å². The molecule has 0 aliphatic heterocycles. The molecule has 0 saturated heterocycles. The van der Waals surface area contributed by atoms with Gasteiger partial charge in [-0.2, -0.15) is 0 Å². The number of ether oxygens (including phenoxy) is 2. The number of carbonyl (C=O) groups is 2. The van der Waals surface area contributed by atoms with E-state index >= 15 is 0 Å². The van der Waals surface area contributed by atoms with Gasteiger partial charge in [0.05, 0.1) is 21.0 Å². The van der Waals surface area contributed by atoms with E-state index in [1.54, 1.807) is 6.92 Å². The Morgan fingerprint density at radius 1 is 0.947 bits per heavy atom. The molecule has 0 unspecified atom stereocenters. The fraction of sp³-hybridized carbons (Fsp3) is 0.680. The molecule has 13 heteroatoms. The van der Waals surface area contributed by atoms with Crippen LogP contribution in [0.1, 0.15) is 92.1 Å². The molecule has 0 aromatic heterocycles. The number of phosphoric ester groups is 1. The van der Waals surface area contributed by atoms with Gasteiger partial charge in [-0.15, -0.1) is 0 Å². The molecular weight excluding hydrogens is 535 g/mol. The van der Waals surface area contributed by atoms with Crippen molar-refractivity contribution in [1.29, 1.82) is 0 Å². The monoisotopic (exact) mass is 583 g/mol. The molecule has 0 radical (unpaired) electrons. The van der Waals surface area contributed by atoms with Gasteiger partial charge in [0, 0.05) is 38.4 Å². The fourth-order valence-corrected chi connectivity index (χ4v) is 2.92. The number of phosphoric acid groups is 1. The Kier molecular flexibility index (Phi) is 38.6. The SMILES string of the molecule is CC#CC#CC#CNC(C)=O.CCCCCCCCCCCC(=O)O[C@@H](COCO)COP(=O)([O-])[O-].[HH].[HH].[HH].[HH].[HH].[Na+].[Na+]. The molecule has 0 saturated carbocycles. The first kappa shape index (κ1) is 44.7. The molecular formula is C25H48NNa2O9P. The minimum Gasteiger partial charge on any atom is -0.790 e. The molecule has 0 rings (SSSR count). The van der Waals surface area contributed by atoms with E-state index in [9.17, 15) is 23.9 Å². The smallest absolute Gasteiger partial charge is 0.790 e. The maximum absolute atomic E-state index is 11.7. The van der Waals surface area contributed by atoms with Crippen molar-refractivity contribution in [1.82, 2.24) is 5.32 Å². The van der Waals surface area contributed by atoms with Crippen molar-refractivity contribution < 1.29 is 109 Å². The largest absolute Gasteiger partial charge is 1.00 e. The summed E-state index contributed by atoms with van der Waals surface area (Å²) in [6.07, 6.45) is 9.25. The molecule has 0 aliphatic carbocycles. The number of hydrogen-bond acceptors (Lipinski definition) is 9. The van der Waals surface area contributed by atoms with Gasteiger partial charge < -0.3 is 33.5 Å². The zero-order valence-electron chi connectivity index (χ0n) is 23.4. The number of amides is 1. The van der Waals surface area contributed by atoms with Gasteiger partial charge in [0.25, 0.3) is 0 Å². The molecule has 0 aromatic rings. The van der Waals surface area contributed by atoms with Gasteiger partial charge in [-0.3, -0.25) is 14.9 Å². The van der Waals surface area contributed by atoms with Crippen molar-refractivity contribution >= 4 is 19.7 Å². The molecule has 38 heavy (non-hydrogen) atoms. The summed E-state index contributed by atoms with van der Waals surface area (Å²) in [5.74, 6) is 11.7. The Labute approximate surface area is 279 Å². The number of nitrogens with one attached hydrogen (secondary N) is 1. The molecule has 0 aromatic carbocycles. The normalized spacial score (nSPS) is 10.1. The van der Waals surface area contributed by atoms with Gasteiger partial charge in [0.15, 0.2) is 0 Å². The van der Waals surface area contributed by atoms with E-state index < -0.39 is 33.3 Å². The third-order valence-corrected chi connectivity index (χ3v) is 4.67. The average molecular weight is 584 g/mol. The van der Waals surface area contributed by atoms with Gasteiger partial charge in [-0.05, 0) is 25.2 Å². The van der Waals surface area contributed by atoms with Crippen LogP contribution in [0.15, 0.2) is 0 Å². The summed E-state index contributed by atoms with van der Waals surface area (Å²) in [4.78, 5) is 42.9. The van der Waals surface area contributed by atoms with E-state index in [2.05, 4.69) is 57.1 Å². The first-order valence-electron chi connectivity index (χ1n) is 11.9. The third kappa shape index (κ3) is 40.2. The second kappa shape index (κ2) is 32.9. The summed E-state index contributed by atoms with van der Waals surface area (Å²) < 4.78 is 24.2. The van der Waals surface area contributed by atoms with Gasteiger partial charge in [0.2, 0.25) is 5.91 Å². The molecule has 1 amide bonds. The molecule has 214 valence electrons. The van der Waals surface area contributed by atoms with Crippen LogP contribution in [0.2, 0.25) is 0 Å². The van der Waals surface area contributed by atoms with E-state index in [4.69, 9.17) is 9.84 Å². The number of aliphatic hydroxyl groups is 1. The summed E-state index contributed by atoms with van der Waals surface area (Å²) in [5, 5.41) is 10.9. The third-order valence-electron chi connectivity index (χ3n) is 4.21. The standard InChI is InChI=1S/C16H33O8P.C9H7NO.2Na.5H2/c1-2-3-4-5-6-7-8-9-10-11-16(18)24-15(12-22-14-17)13-23-25(19,20)21;1-3-4-5-6-7-8-10-9(2)11;;;;;;;/h15,17H,2-14H2,1H3,(H2,19,20,21);1-2H3,(H,10,11);;;5*1H/q;;2*+1;;;;;/p-2/t15-;;;;;;;;/m0......../s1. The minimum absolute atomic E-state index is 0. The van der Waals surface area contributed by atoms with Crippen molar-refractivity contribution in [3.05, 3.63) is 0 Å². The number of rotatable bonds is 17. The fourth-order valence-electron chi connectivity index (χ4n) is 2.58. The predicted octanol–water partition coefficient (Wildman–Crippen LogP) is -3.02. The molecule has 2 N–H and O–H groups in total. The van der Waals surface area contributed by atoms with Crippen LogP contribution < -0.4 is 74.2 Å². The maximum atomic E-state index is 11.7.